The standard InChI is InChI=1S/C58H40N6/c1-37-19-18-25-43-42-24-6-11-33-51(42)64(55(37)43)58-53(45-27-13-16-35-60-45)56(62-47-29-7-2-20-38(47)39-21-3-8-30-48(39)62)52(44-26-12-15-34-59-44)57(54(58)46-28-14-17-36-61-46)63-49-31-9-4-22-40(49)41-23-5-10-32-50(41)63/h2-18,20-37H,19H2,1H3. The highest BCUT2D eigenvalue weighted by Crippen LogP contribution is 2.54. The fourth-order valence-corrected chi connectivity index (χ4v) is 10.7. The predicted octanol–water partition coefficient (Wildman–Crippen LogP) is 14.5. The van der Waals surface area contributed by atoms with Gasteiger partial charge in [-0.25, -0.2) is 0 Å². The molecule has 6 aromatic carbocycles. The monoisotopic (exact) mass is 820 g/mol. The van der Waals surface area contributed by atoms with Crippen molar-refractivity contribution in [1.82, 2.24) is 28.7 Å². The van der Waals surface area contributed by atoms with E-state index >= 15 is 0 Å². The van der Waals surface area contributed by atoms with Crippen LogP contribution in [0.25, 0.3) is 111 Å². The van der Waals surface area contributed by atoms with Gasteiger partial charge in [0.2, 0.25) is 0 Å². The summed E-state index contributed by atoms with van der Waals surface area (Å²) in [4.78, 5) is 16.0. The van der Waals surface area contributed by atoms with Crippen LogP contribution in [0.4, 0.5) is 0 Å². The van der Waals surface area contributed by atoms with Gasteiger partial charge in [0.15, 0.2) is 0 Å². The van der Waals surface area contributed by atoms with Crippen LogP contribution in [-0.2, 0) is 0 Å². The Labute approximate surface area is 369 Å². The van der Waals surface area contributed by atoms with E-state index in [1.165, 1.54) is 38.2 Å². The van der Waals surface area contributed by atoms with Gasteiger partial charge < -0.3 is 13.7 Å². The molecule has 302 valence electrons. The van der Waals surface area contributed by atoms with E-state index < -0.39 is 0 Å². The number of aromatic nitrogens is 6. The molecule has 6 nitrogen and oxygen atoms in total. The van der Waals surface area contributed by atoms with Crippen molar-refractivity contribution in [2.75, 3.05) is 0 Å². The molecule has 0 saturated heterocycles. The Bertz CT molecular complexity index is 3530. The van der Waals surface area contributed by atoms with Gasteiger partial charge in [0.05, 0.1) is 61.7 Å². The van der Waals surface area contributed by atoms with E-state index in [0.717, 1.165) is 84.8 Å². The second-order valence-electron chi connectivity index (χ2n) is 16.7. The fourth-order valence-electron chi connectivity index (χ4n) is 10.7. The number of nitrogens with zero attached hydrogens (tertiary/aromatic N) is 6. The third-order valence-electron chi connectivity index (χ3n) is 13.2. The molecule has 1 unspecified atom stereocenters. The lowest BCUT2D eigenvalue weighted by molar-refractivity contribution is 0.724. The highest BCUT2D eigenvalue weighted by atomic mass is 15.1. The average molecular weight is 821 g/mol. The highest BCUT2D eigenvalue weighted by molar-refractivity contribution is 6.15. The average Bonchev–Trinajstić information content (AvgIpc) is 4.00. The zero-order valence-corrected chi connectivity index (χ0v) is 35.1. The van der Waals surface area contributed by atoms with Crippen LogP contribution in [0.3, 0.4) is 0 Å². The molecule has 6 aromatic heterocycles. The maximum Gasteiger partial charge on any atom is 0.0744 e. The van der Waals surface area contributed by atoms with Crippen LogP contribution < -0.4 is 0 Å². The Morgan fingerprint density at radius 2 is 0.703 bits per heavy atom. The van der Waals surface area contributed by atoms with E-state index in [4.69, 9.17) is 15.0 Å². The molecule has 0 radical (unpaired) electrons. The van der Waals surface area contributed by atoms with Gasteiger partial charge in [0, 0.05) is 79.4 Å². The molecule has 0 saturated carbocycles. The molecule has 0 bridgehead atoms. The second kappa shape index (κ2) is 14.4. The van der Waals surface area contributed by atoms with Crippen molar-refractivity contribution < 1.29 is 0 Å². The maximum atomic E-state index is 5.33. The van der Waals surface area contributed by atoms with Crippen molar-refractivity contribution in [3.05, 3.63) is 212 Å². The molecule has 6 heteroatoms. The van der Waals surface area contributed by atoms with Crippen LogP contribution in [0.2, 0.25) is 0 Å². The lowest BCUT2D eigenvalue weighted by atomic mass is 9.88. The normalized spacial score (nSPS) is 13.7. The summed E-state index contributed by atoms with van der Waals surface area (Å²) in [5.41, 5.74) is 16.5. The molecule has 1 aliphatic rings. The molecule has 0 N–H and O–H groups in total. The Balaban J connectivity index is 1.41. The smallest absolute Gasteiger partial charge is 0.0744 e. The van der Waals surface area contributed by atoms with Gasteiger partial charge in [0.1, 0.15) is 0 Å². The summed E-state index contributed by atoms with van der Waals surface area (Å²) in [7, 11) is 0. The van der Waals surface area contributed by atoms with E-state index in [0.29, 0.717) is 0 Å². The molecule has 0 amide bonds. The summed E-state index contributed by atoms with van der Waals surface area (Å²) in [6.07, 6.45) is 11.3. The number of para-hydroxylation sites is 5. The zero-order chi connectivity index (χ0) is 42.3. The van der Waals surface area contributed by atoms with E-state index in [9.17, 15) is 0 Å². The van der Waals surface area contributed by atoms with E-state index in [2.05, 4.69) is 191 Å². The minimum Gasteiger partial charge on any atom is -0.311 e. The van der Waals surface area contributed by atoms with Crippen LogP contribution in [-0.4, -0.2) is 28.7 Å². The van der Waals surface area contributed by atoms with Gasteiger partial charge in [0.25, 0.3) is 0 Å². The quantitative estimate of drug-likeness (QED) is 0.168. The van der Waals surface area contributed by atoms with Crippen molar-refractivity contribution in [1.29, 1.82) is 0 Å². The minimum absolute atomic E-state index is 0.212. The molecule has 0 fully saturated rings. The Kier molecular flexibility index (Phi) is 8.15. The van der Waals surface area contributed by atoms with E-state index in [1.807, 2.05) is 36.8 Å². The van der Waals surface area contributed by atoms with Gasteiger partial charge >= 0.3 is 0 Å². The van der Waals surface area contributed by atoms with Crippen molar-refractivity contribution in [3.63, 3.8) is 0 Å². The Hall–Kier alpha value is -8.35. The molecule has 12 aromatic rings. The summed E-state index contributed by atoms with van der Waals surface area (Å²) in [5, 5.41) is 5.91. The van der Waals surface area contributed by atoms with Gasteiger partial charge in [-0.3, -0.25) is 15.0 Å². The number of hydrogen-bond donors (Lipinski definition) is 0. The van der Waals surface area contributed by atoms with Crippen molar-refractivity contribution >= 4 is 60.6 Å². The van der Waals surface area contributed by atoms with Gasteiger partial charge in [-0.15, -0.1) is 0 Å². The van der Waals surface area contributed by atoms with Crippen LogP contribution in [0, 0.1) is 0 Å². The largest absolute Gasteiger partial charge is 0.311 e. The maximum absolute atomic E-state index is 5.33. The molecule has 1 aliphatic carbocycles. The first kappa shape index (κ1) is 36.3. The molecule has 0 aliphatic heterocycles. The molecule has 6 heterocycles. The van der Waals surface area contributed by atoms with Crippen molar-refractivity contribution in [3.8, 4) is 50.8 Å². The molecule has 13 rings (SSSR count). The number of allylic oxidation sites excluding steroid dienone is 1. The van der Waals surface area contributed by atoms with Crippen molar-refractivity contribution in [2.24, 2.45) is 0 Å². The van der Waals surface area contributed by atoms with Crippen LogP contribution in [0.5, 0.6) is 0 Å². The second-order valence-corrected chi connectivity index (χ2v) is 16.7. The Morgan fingerprint density at radius 3 is 1.08 bits per heavy atom. The summed E-state index contributed by atoms with van der Waals surface area (Å²) >= 11 is 0. The minimum atomic E-state index is 0.212. The van der Waals surface area contributed by atoms with E-state index in [1.54, 1.807) is 0 Å². The van der Waals surface area contributed by atoms with Crippen LogP contribution in [0.15, 0.2) is 201 Å². The number of benzene rings is 6. The third-order valence-corrected chi connectivity index (χ3v) is 13.2. The van der Waals surface area contributed by atoms with Gasteiger partial charge in [-0.1, -0.05) is 128 Å². The molecular formula is C58H40N6. The zero-order valence-electron chi connectivity index (χ0n) is 35.1. The lowest BCUT2D eigenvalue weighted by Gasteiger charge is -2.31. The number of hydrogen-bond acceptors (Lipinski definition) is 3. The molecule has 0 spiro atoms. The van der Waals surface area contributed by atoms with Crippen LogP contribution in [0.1, 0.15) is 30.5 Å². The first-order valence-electron chi connectivity index (χ1n) is 22.0. The van der Waals surface area contributed by atoms with Gasteiger partial charge in [-0.05, 0) is 73.2 Å². The molecule has 1 atom stereocenters. The summed E-state index contributed by atoms with van der Waals surface area (Å²) < 4.78 is 7.55. The lowest BCUT2D eigenvalue weighted by Crippen LogP contribution is -2.16. The van der Waals surface area contributed by atoms with Crippen molar-refractivity contribution in [2.45, 2.75) is 19.3 Å². The topological polar surface area (TPSA) is 53.5 Å². The first-order valence-corrected chi connectivity index (χ1v) is 22.0. The summed E-state index contributed by atoms with van der Waals surface area (Å²) in [6, 6.07) is 62.9. The highest BCUT2D eigenvalue weighted by Gasteiger charge is 2.36. The SMILES string of the molecule is CC1CC=Cc2c1n(-c1c(-c3ccccn3)c(-n3c4ccccc4c4ccccc43)c(-c3ccccn3)c(-n3c4ccccc4c4ccccc43)c1-c1ccccn1)c1ccccc21. The van der Waals surface area contributed by atoms with Crippen LogP contribution >= 0.6 is 0 Å². The third kappa shape index (κ3) is 5.23. The molecular weight excluding hydrogens is 781 g/mol. The van der Waals surface area contributed by atoms with E-state index in [-0.39, 0.29) is 5.92 Å². The summed E-state index contributed by atoms with van der Waals surface area (Å²) in [6.45, 7) is 2.36. The fraction of sp³-hybridized carbons (Fsp3) is 0.0517. The Morgan fingerprint density at radius 1 is 0.375 bits per heavy atom. The number of fused-ring (bicyclic) bond motifs is 9. The molecule has 64 heavy (non-hydrogen) atoms. The number of rotatable bonds is 6. The number of pyridine rings is 3. The van der Waals surface area contributed by atoms with Gasteiger partial charge in [-0.2, -0.15) is 0 Å². The predicted molar refractivity (Wildman–Crippen MR) is 264 cm³/mol. The summed E-state index contributed by atoms with van der Waals surface area (Å²) in [5.74, 6) is 0.212. The first-order chi connectivity index (χ1) is 31.8.